The van der Waals surface area contributed by atoms with Crippen LogP contribution in [0.4, 0.5) is 5.69 Å². The van der Waals surface area contributed by atoms with Crippen LogP contribution in [0.5, 0.6) is 5.75 Å². The second-order valence-electron chi connectivity index (χ2n) is 5.35. The molecule has 1 aliphatic carbocycles. The van der Waals surface area contributed by atoms with Crippen LogP contribution < -0.4 is 11.1 Å². The summed E-state index contributed by atoms with van der Waals surface area (Å²) in [6.45, 7) is 0.334. The number of nitrogen functional groups attached to an aromatic ring is 1. The zero-order valence-electron chi connectivity index (χ0n) is 11.2. The maximum atomic E-state index is 11.7. The number of benzene rings is 1. The van der Waals surface area contributed by atoms with E-state index in [9.17, 15) is 9.90 Å². The highest BCUT2D eigenvalue weighted by Gasteiger charge is 2.16. The number of hydrogen-bond acceptors (Lipinski definition) is 3. The summed E-state index contributed by atoms with van der Waals surface area (Å²) in [5.74, 6) is 0.950. The first-order chi connectivity index (χ1) is 9.15. The number of nitrogens with one attached hydrogen (secondary N) is 1. The number of phenols is 1. The second-order valence-corrected chi connectivity index (χ2v) is 5.35. The van der Waals surface area contributed by atoms with E-state index in [-0.39, 0.29) is 11.7 Å². The molecule has 0 aliphatic heterocycles. The molecule has 1 amide bonds. The van der Waals surface area contributed by atoms with Crippen molar-refractivity contribution in [2.24, 2.45) is 5.92 Å². The number of aromatic hydroxyl groups is 1. The van der Waals surface area contributed by atoms with Crippen LogP contribution in [0.25, 0.3) is 0 Å². The van der Waals surface area contributed by atoms with E-state index in [1.165, 1.54) is 25.7 Å². The van der Waals surface area contributed by atoms with Crippen molar-refractivity contribution in [3.8, 4) is 5.75 Å². The maximum absolute atomic E-state index is 11.7. The van der Waals surface area contributed by atoms with Gasteiger partial charge in [-0.05, 0) is 30.5 Å². The van der Waals surface area contributed by atoms with E-state index in [1.807, 2.05) is 0 Å². The van der Waals surface area contributed by atoms with E-state index in [2.05, 4.69) is 5.32 Å². The number of amides is 1. The van der Waals surface area contributed by atoms with E-state index in [1.54, 1.807) is 18.2 Å². The number of hydrogen-bond donors (Lipinski definition) is 3. The molecule has 0 spiro atoms. The first-order valence-electron chi connectivity index (χ1n) is 6.99. The predicted octanol–water partition coefficient (Wildman–Crippen LogP) is 2.56. The molecule has 0 bridgehead atoms. The molecule has 2 rings (SSSR count). The fraction of sp³-hybridized carbons (Fsp3) is 0.533. The van der Waals surface area contributed by atoms with Gasteiger partial charge in [0.05, 0.1) is 0 Å². The zero-order chi connectivity index (χ0) is 13.7. The molecule has 1 aromatic carbocycles. The van der Waals surface area contributed by atoms with E-state index in [0.717, 1.165) is 12.3 Å². The summed E-state index contributed by atoms with van der Waals surface area (Å²) >= 11 is 0. The SMILES string of the molecule is Nc1ccc(O)c(CNC(=O)CCC2CCCC2)c1. The lowest BCUT2D eigenvalue weighted by atomic mass is 10.0. The van der Waals surface area contributed by atoms with Crippen LogP contribution in [0.2, 0.25) is 0 Å². The van der Waals surface area contributed by atoms with Crippen molar-refractivity contribution in [3.63, 3.8) is 0 Å². The summed E-state index contributed by atoms with van der Waals surface area (Å²) in [7, 11) is 0. The molecular formula is C15H22N2O2. The topological polar surface area (TPSA) is 75.3 Å². The molecule has 0 unspecified atom stereocenters. The van der Waals surface area contributed by atoms with Crippen molar-refractivity contribution >= 4 is 11.6 Å². The highest BCUT2D eigenvalue weighted by molar-refractivity contribution is 5.76. The number of carbonyl (C=O) groups is 1. The Labute approximate surface area is 114 Å². The van der Waals surface area contributed by atoms with E-state index >= 15 is 0 Å². The molecule has 104 valence electrons. The first-order valence-corrected chi connectivity index (χ1v) is 6.99. The van der Waals surface area contributed by atoms with Gasteiger partial charge >= 0.3 is 0 Å². The summed E-state index contributed by atoms with van der Waals surface area (Å²) in [6, 6.07) is 4.88. The normalized spacial score (nSPS) is 15.6. The molecule has 1 aliphatic rings. The van der Waals surface area contributed by atoms with E-state index in [4.69, 9.17) is 5.73 Å². The van der Waals surface area contributed by atoms with Crippen molar-refractivity contribution in [3.05, 3.63) is 23.8 Å². The predicted molar refractivity (Wildman–Crippen MR) is 75.6 cm³/mol. The van der Waals surface area contributed by atoms with Crippen molar-refractivity contribution in [2.45, 2.75) is 45.1 Å². The molecule has 0 saturated heterocycles. The summed E-state index contributed by atoms with van der Waals surface area (Å²) in [5, 5.41) is 12.5. The number of phenolic OH excluding ortho intramolecular Hbond substituents is 1. The molecule has 0 heterocycles. The molecule has 1 saturated carbocycles. The monoisotopic (exact) mass is 262 g/mol. The van der Waals surface area contributed by atoms with Crippen LogP contribution in [-0.4, -0.2) is 11.0 Å². The molecular weight excluding hydrogens is 240 g/mol. The minimum Gasteiger partial charge on any atom is -0.508 e. The third-order valence-electron chi connectivity index (χ3n) is 3.83. The summed E-state index contributed by atoms with van der Waals surface area (Å²) in [5.41, 5.74) is 6.90. The van der Waals surface area contributed by atoms with Crippen LogP contribution >= 0.6 is 0 Å². The van der Waals surface area contributed by atoms with Gasteiger partial charge in [-0.25, -0.2) is 0 Å². The van der Waals surface area contributed by atoms with Crippen LogP contribution in [-0.2, 0) is 11.3 Å². The van der Waals surface area contributed by atoms with Gasteiger partial charge < -0.3 is 16.2 Å². The van der Waals surface area contributed by atoms with Gasteiger partial charge in [0.15, 0.2) is 0 Å². The van der Waals surface area contributed by atoms with Gasteiger partial charge in [0.1, 0.15) is 5.75 Å². The zero-order valence-corrected chi connectivity index (χ0v) is 11.2. The van der Waals surface area contributed by atoms with Gasteiger partial charge in [-0.1, -0.05) is 25.7 Å². The fourth-order valence-corrected chi connectivity index (χ4v) is 2.66. The lowest BCUT2D eigenvalue weighted by Crippen LogP contribution is -2.23. The lowest BCUT2D eigenvalue weighted by Gasteiger charge is -2.10. The third kappa shape index (κ3) is 4.16. The van der Waals surface area contributed by atoms with Gasteiger partial charge in [0.25, 0.3) is 0 Å². The van der Waals surface area contributed by atoms with Crippen LogP contribution in [0.1, 0.15) is 44.1 Å². The summed E-state index contributed by atoms with van der Waals surface area (Å²) < 4.78 is 0. The van der Waals surface area contributed by atoms with Crippen molar-refractivity contribution < 1.29 is 9.90 Å². The van der Waals surface area contributed by atoms with Gasteiger partial charge in [-0.15, -0.1) is 0 Å². The van der Waals surface area contributed by atoms with Crippen molar-refractivity contribution in [2.75, 3.05) is 5.73 Å². The maximum Gasteiger partial charge on any atom is 0.220 e. The average molecular weight is 262 g/mol. The van der Waals surface area contributed by atoms with E-state index in [0.29, 0.717) is 24.2 Å². The Morgan fingerprint density at radius 1 is 1.37 bits per heavy atom. The molecule has 0 radical (unpaired) electrons. The van der Waals surface area contributed by atoms with Gasteiger partial charge in [-0.3, -0.25) is 4.79 Å². The molecule has 0 atom stereocenters. The van der Waals surface area contributed by atoms with E-state index < -0.39 is 0 Å². The molecule has 19 heavy (non-hydrogen) atoms. The minimum atomic E-state index is 0.0497. The Kier molecular flexibility index (Phi) is 4.66. The highest BCUT2D eigenvalue weighted by atomic mass is 16.3. The van der Waals surface area contributed by atoms with Crippen LogP contribution in [0, 0.1) is 5.92 Å². The van der Waals surface area contributed by atoms with Crippen LogP contribution in [0.15, 0.2) is 18.2 Å². The van der Waals surface area contributed by atoms with Gasteiger partial charge in [0.2, 0.25) is 5.91 Å². The number of anilines is 1. The third-order valence-corrected chi connectivity index (χ3v) is 3.83. The van der Waals surface area contributed by atoms with Gasteiger partial charge in [-0.2, -0.15) is 0 Å². The van der Waals surface area contributed by atoms with Crippen LogP contribution in [0.3, 0.4) is 0 Å². The Hall–Kier alpha value is -1.71. The van der Waals surface area contributed by atoms with Gasteiger partial charge in [0, 0.05) is 24.2 Å². The molecule has 0 aromatic heterocycles. The van der Waals surface area contributed by atoms with Crippen molar-refractivity contribution in [1.29, 1.82) is 0 Å². The Morgan fingerprint density at radius 2 is 2.11 bits per heavy atom. The molecule has 4 N–H and O–H groups in total. The van der Waals surface area contributed by atoms with Crippen molar-refractivity contribution in [1.82, 2.24) is 5.32 Å². The molecule has 1 fully saturated rings. The molecule has 4 nitrogen and oxygen atoms in total. The summed E-state index contributed by atoms with van der Waals surface area (Å²) in [4.78, 5) is 11.7. The Bertz CT molecular complexity index is 440. The highest BCUT2D eigenvalue weighted by Crippen LogP contribution is 2.28. The fourth-order valence-electron chi connectivity index (χ4n) is 2.66. The largest absolute Gasteiger partial charge is 0.508 e. The average Bonchev–Trinajstić information content (AvgIpc) is 2.90. The number of carbonyl (C=O) groups excluding carboxylic acids is 1. The standard InChI is InChI=1S/C15H22N2O2/c16-13-6-7-14(18)12(9-13)10-17-15(19)8-5-11-3-1-2-4-11/h6-7,9,11,18H,1-5,8,10,16H2,(H,17,19). The smallest absolute Gasteiger partial charge is 0.220 e. The number of rotatable bonds is 5. The number of nitrogens with two attached hydrogens (primary N) is 1. The quantitative estimate of drug-likeness (QED) is 0.564. The molecule has 1 aromatic rings. The Balaban J connectivity index is 1.74. The Morgan fingerprint density at radius 3 is 2.84 bits per heavy atom. The first kappa shape index (κ1) is 13.7. The second kappa shape index (κ2) is 6.45. The molecule has 4 heteroatoms. The lowest BCUT2D eigenvalue weighted by molar-refractivity contribution is -0.121. The summed E-state index contributed by atoms with van der Waals surface area (Å²) in [6.07, 6.45) is 6.71. The minimum absolute atomic E-state index is 0.0497.